The van der Waals surface area contributed by atoms with Crippen molar-refractivity contribution in [3.8, 4) is 6.07 Å². The van der Waals surface area contributed by atoms with Crippen LogP contribution in [0.15, 0.2) is 47.4 Å². The van der Waals surface area contributed by atoms with Crippen molar-refractivity contribution in [2.75, 3.05) is 11.8 Å². The first-order valence-corrected chi connectivity index (χ1v) is 9.53. The van der Waals surface area contributed by atoms with Gasteiger partial charge in [-0.05, 0) is 61.2 Å². The summed E-state index contributed by atoms with van der Waals surface area (Å²) in [7, 11) is -2.45. The zero-order valence-electron chi connectivity index (χ0n) is 14.4. The molecule has 1 saturated carbocycles. The first kappa shape index (κ1) is 18.0. The van der Waals surface area contributed by atoms with E-state index in [4.69, 9.17) is 10.00 Å². The Morgan fingerprint density at radius 1 is 1.19 bits per heavy atom. The van der Waals surface area contributed by atoms with Crippen LogP contribution >= 0.6 is 0 Å². The van der Waals surface area contributed by atoms with Crippen LogP contribution in [0.25, 0.3) is 0 Å². The number of sulfonamides is 1. The van der Waals surface area contributed by atoms with Crippen LogP contribution in [0.5, 0.6) is 0 Å². The van der Waals surface area contributed by atoms with Crippen LogP contribution in [-0.2, 0) is 25.0 Å². The van der Waals surface area contributed by atoms with Gasteiger partial charge in [0.15, 0.2) is 0 Å². The third-order valence-electron chi connectivity index (χ3n) is 4.50. The van der Waals surface area contributed by atoms with Gasteiger partial charge in [0.1, 0.15) is 0 Å². The number of nitrogens with zero attached hydrogens (tertiary/aromatic N) is 1. The van der Waals surface area contributed by atoms with E-state index in [0.29, 0.717) is 24.1 Å². The minimum Gasteiger partial charge on any atom is -0.468 e. The number of carbonyl (C=O) groups excluding carboxylic acids is 1. The molecule has 0 aromatic heterocycles. The van der Waals surface area contributed by atoms with E-state index in [1.54, 1.807) is 31.2 Å². The number of carbonyl (C=O) groups is 1. The molecule has 1 N–H and O–H groups in total. The molecule has 0 unspecified atom stereocenters. The van der Waals surface area contributed by atoms with Gasteiger partial charge in [-0.2, -0.15) is 5.26 Å². The maximum absolute atomic E-state index is 12.6. The van der Waals surface area contributed by atoms with Gasteiger partial charge in [0.05, 0.1) is 34.7 Å². The standard InChI is InChI=1S/C19H18N2O4S/c1-13-9-14(12-20)11-16(10-13)21-26(23,24)17-5-3-15(4-6-17)19(7-8-19)18(22)25-2/h3-6,9-11,21H,7-8H2,1-2H3. The molecule has 26 heavy (non-hydrogen) atoms. The Morgan fingerprint density at radius 2 is 1.85 bits per heavy atom. The summed E-state index contributed by atoms with van der Waals surface area (Å²) in [5.41, 5.74) is 1.62. The molecule has 0 heterocycles. The number of hydrogen-bond acceptors (Lipinski definition) is 5. The van der Waals surface area contributed by atoms with Crippen molar-refractivity contribution in [3.63, 3.8) is 0 Å². The normalized spacial score (nSPS) is 15.0. The van der Waals surface area contributed by atoms with Crippen LogP contribution in [0.2, 0.25) is 0 Å². The monoisotopic (exact) mass is 370 g/mol. The SMILES string of the molecule is COC(=O)C1(c2ccc(S(=O)(=O)Nc3cc(C)cc(C#N)c3)cc2)CC1. The highest BCUT2D eigenvalue weighted by Gasteiger charge is 2.52. The Hall–Kier alpha value is -2.85. The topological polar surface area (TPSA) is 96.3 Å². The molecule has 0 atom stereocenters. The van der Waals surface area contributed by atoms with Gasteiger partial charge in [0, 0.05) is 0 Å². The Balaban J connectivity index is 1.86. The molecule has 0 aliphatic heterocycles. The molecule has 7 heteroatoms. The first-order valence-electron chi connectivity index (χ1n) is 8.04. The molecule has 1 fully saturated rings. The fourth-order valence-corrected chi connectivity index (χ4v) is 4.05. The van der Waals surface area contributed by atoms with E-state index >= 15 is 0 Å². The molecule has 2 aromatic carbocycles. The molecule has 134 valence electrons. The van der Waals surface area contributed by atoms with Gasteiger partial charge in [-0.3, -0.25) is 9.52 Å². The summed E-state index contributed by atoms with van der Waals surface area (Å²) in [5, 5.41) is 9.01. The second-order valence-corrected chi connectivity index (χ2v) is 8.09. The molecule has 0 saturated heterocycles. The van der Waals surface area contributed by atoms with Gasteiger partial charge in [-0.25, -0.2) is 8.42 Å². The summed E-state index contributed by atoms with van der Waals surface area (Å²) < 4.78 is 32.5. The molecule has 0 radical (unpaired) electrons. The van der Waals surface area contributed by atoms with Crippen molar-refractivity contribution in [1.82, 2.24) is 0 Å². The summed E-state index contributed by atoms with van der Waals surface area (Å²) in [6.07, 6.45) is 1.40. The van der Waals surface area contributed by atoms with E-state index in [0.717, 1.165) is 11.1 Å². The van der Waals surface area contributed by atoms with Crippen LogP contribution in [0.1, 0.15) is 29.5 Å². The second kappa shape index (κ2) is 6.46. The van der Waals surface area contributed by atoms with E-state index < -0.39 is 15.4 Å². The van der Waals surface area contributed by atoms with Gasteiger partial charge in [-0.1, -0.05) is 12.1 Å². The molecule has 0 spiro atoms. The Kier molecular flexibility index (Phi) is 4.46. The van der Waals surface area contributed by atoms with Gasteiger partial charge in [-0.15, -0.1) is 0 Å². The summed E-state index contributed by atoms with van der Waals surface area (Å²) in [6.45, 7) is 1.79. The average molecular weight is 370 g/mol. The molecule has 2 aromatic rings. The number of ether oxygens (including phenoxy) is 1. The van der Waals surface area contributed by atoms with Crippen LogP contribution in [0, 0.1) is 18.3 Å². The predicted octanol–water partition coefficient (Wildman–Crippen LogP) is 2.87. The van der Waals surface area contributed by atoms with Gasteiger partial charge >= 0.3 is 5.97 Å². The summed E-state index contributed by atoms with van der Waals surface area (Å²) >= 11 is 0. The smallest absolute Gasteiger partial charge is 0.316 e. The minimum atomic E-state index is -3.80. The Labute approximate surface area is 152 Å². The average Bonchev–Trinajstić information content (AvgIpc) is 3.42. The van der Waals surface area contributed by atoms with E-state index in [2.05, 4.69) is 4.72 Å². The van der Waals surface area contributed by atoms with Crippen molar-refractivity contribution >= 4 is 21.7 Å². The van der Waals surface area contributed by atoms with E-state index in [9.17, 15) is 13.2 Å². The lowest BCUT2D eigenvalue weighted by molar-refractivity contribution is -0.143. The van der Waals surface area contributed by atoms with Crippen molar-refractivity contribution < 1.29 is 17.9 Å². The van der Waals surface area contributed by atoms with Crippen molar-refractivity contribution in [2.45, 2.75) is 30.1 Å². The highest BCUT2D eigenvalue weighted by molar-refractivity contribution is 7.92. The minimum absolute atomic E-state index is 0.0851. The maximum Gasteiger partial charge on any atom is 0.316 e. The Morgan fingerprint density at radius 3 is 2.38 bits per heavy atom. The van der Waals surface area contributed by atoms with Gasteiger partial charge in [0.2, 0.25) is 0 Å². The quantitative estimate of drug-likeness (QED) is 0.817. The first-order chi connectivity index (χ1) is 12.3. The number of methoxy groups -OCH3 is 1. The van der Waals surface area contributed by atoms with Crippen LogP contribution in [0.4, 0.5) is 5.69 Å². The van der Waals surface area contributed by atoms with E-state index in [1.807, 2.05) is 6.07 Å². The number of rotatable bonds is 5. The van der Waals surface area contributed by atoms with E-state index in [-0.39, 0.29) is 10.9 Å². The van der Waals surface area contributed by atoms with Crippen molar-refractivity contribution in [2.24, 2.45) is 0 Å². The molecule has 0 bridgehead atoms. The highest BCUT2D eigenvalue weighted by atomic mass is 32.2. The number of esters is 1. The largest absolute Gasteiger partial charge is 0.468 e. The molecule has 3 rings (SSSR count). The molecular formula is C19H18N2O4S. The number of aryl methyl sites for hydroxylation is 1. The lowest BCUT2D eigenvalue weighted by atomic mass is 9.96. The highest BCUT2D eigenvalue weighted by Crippen LogP contribution is 2.49. The summed E-state index contributed by atoms with van der Waals surface area (Å²) in [6, 6.07) is 13.1. The third kappa shape index (κ3) is 3.28. The summed E-state index contributed by atoms with van der Waals surface area (Å²) in [5.74, 6) is -0.296. The number of hydrogen-bond donors (Lipinski definition) is 1. The van der Waals surface area contributed by atoms with Crippen molar-refractivity contribution in [1.29, 1.82) is 5.26 Å². The molecule has 0 amide bonds. The van der Waals surface area contributed by atoms with Crippen LogP contribution < -0.4 is 4.72 Å². The van der Waals surface area contributed by atoms with Gasteiger partial charge in [0.25, 0.3) is 10.0 Å². The fraction of sp³-hybridized carbons (Fsp3) is 0.263. The lowest BCUT2D eigenvalue weighted by Gasteiger charge is -2.14. The van der Waals surface area contributed by atoms with E-state index in [1.165, 1.54) is 25.3 Å². The fourth-order valence-electron chi connectivity index (χ4n) is 3.00. The number of benzene rings is 2. The number of nitrogens with one attached hydrogen (secondary N) is 1. The predicted molar refractivity (Wildman–Crippen MR) is 96.1 cm³/mol. The lowest BCUT2D eigenvalue weighted by Crippen LogP contribution is -2.22. The number of nitriles is 1. The van der Waals surface area contributed by atoms with Gasteiger partial charge < -0.3 is 4.74 Å². The maximum atomic E-state index is 12.6. The summed E-state index contributed by atoms with van der Waals surface area (Å²) in [4.78, 5) is 12.0. The van der Waals surface area contributed by atoms with Crippen LogP contribution in [-0.4, -0.2) is 21.5 Å². The Bertz CT molecular complexity index is 1000. The van der Waals surface area contributed by atoms with Crippen molar-refractivity contribution in [3.05, 3.63) is 59.2 Å². The molecule has 1 aliphatic carbocycles. The zero-order chi connectivity index (χ0) is 18.9. The molecule has 1 aliphatic rings. The van der Waals surface area contributed by atoms with Crippen LogP contribution in [0.3, 0.4) is 0 Å². The molecule has 6 nitrogen and oxygen atoms in total. The number of anilines is 1. The second-order valence-electron chi connectivity index (χ2n) is 6.40. The molecular weight excluding hydrogens is 352 g/mol. The zero-order valence-corrected chi connectivity index (χ0v) is 15.3. The third-order valence-corrected chi connectivity index (χ3v) is 5.90.